The first kappa shape index (κ1) is 20.7. The third-order valence-electron chi connectivity index (χ3n) is 6.33. The molecular weight excluding hydrogens is 529 g/mol. The second kappa shape index (κ2) is 7.19. The largest absolute Gasteiger partial charge is 0.504 e. The molecule has 10 heteroatoms. The summed E-state index contributed by atoms with van der Waals surface area (Å²) in [6, 6.07) is 4.24. The number of carbonyl (C=O) groups excluding carboxylic acids is 2. The minimum atomic E-state index is -0.647. The molecule has 1 N–H and O–H groups in total. The summed E-state index contributed by atoms with van der Waals surface area (Å²) in [4.78, 5) is 51.5. The Morgan fingerprint density at radius 1 is 1.16 bits per heavy atom. The summed E-state index contributed by atoms with van der Waals surface area (Å²) < 4.78 is 9.21. The zero-order valence-corrected chi connectivity index (χ0v) is 19.3. The molecule has 1 aromatic heterocycles. The number of benzene rings is 1. The monoisotopic (exact) mass is 547 g/mol. The highest BCUT2D eigenvalue weighted by Crippen LogP contribution is 2.50. The van der Waals surface area contributed by atoms with Crippen LogP contribution in [0.5, 0.6) is 11.5 Å². The van der Waals surface area contributed by atoms with E-state index in [0.29, 0.717) is 20.3 Å². The van der Waals surface area contributed by atoms with Crippen molar-refractivity contribution in [1.29, 1.82) is 0 Å². The summed E-state index contributed by atoms with van der Waals surface area (Å²) in [5.41, 5.74) is 1.10. The molecule has 1 aliphatic heterocycles. The maximum absolute atomic E-state index is 13.2. The van der Waals surface area contributed by atoms with Crippen LogP contribution in [0.1, 0.15) is 23.9 Å². The third-order valence-corrected chi connectivity index (χ3v) is 7.13. The number of aromatic hydroxyl groups is 1. The van der Waals surface area contributed by atoms with E-state index >= 15 is 0 Å². The predicted octanol–water partition coefficient (Wildman–Crippen LogP) is 1.50. The summed E-state index contributed by atoms with van der Waals surface area (Å²) >= 11 is 1.86. The third kappa shape index (κ3) is 2.74. The SMILES string of the molecule is COc1ccc([C@H]2C3=CCn4c(=O)n(C)c(=O)n4[C@@H]3CC3=C2C(=O)C(I)=CC3=O)cc1O. The fraction of sp³-hybridized carbons (Fsp3) is 0.273. The number of halogens is 1. The van der Waals surface area contributed by atoms with Crippen LogP contribution in [0.4, 0.5) is 0 Å². The topological polar surface area (TPSA) is 113 Å². The molecule has 0 amide bonds. The molecular formula is C22H18IN3O6. The Morgan fingerprint density at radius 3 is 2.59 bits per heavy atom. The first-order chi connectivity index (χ1) is 15.2. The molecule has 3 aliphatic rings. The summed E-state index contributed by atoms with van der Waals surface area (Å²) in [5.74, 6) is -0.996. The maximum atomic E-state index is 13.2. The van der Waals surface area contributed by atoms with E-state index in [4.69, 9.17) is 4.74 Å². The van der Waals surface area contributed by atoms with E-state index in [1.807, 2.05) is 28.7 Å². The molecule has 0 unspecified atom stereocenters. The molecule has 2 aliphatic carbocycles. The number of ketones is 2. The Kier molecular flexibility index (Phi) is 4.66. The lowest BCUT2D eigenvalue weighted by molar-refractivity contribution is -0.115. The van der Waals surface area contributed by atoms with Gasteiger partial charge in [-0.2, -0.15) is 0 Å². The van der Waals surface area contributed by atoms with Gasteiger partial charge in [0.1, 0.15) is 0 Å². The van der Waals surface area contributed by atoms with Crippen LogP contribution in [-0.2, 0) is 23.2 Å². The average Bonchev–Trinajstić information content (AvgIpc) is 3.00. The van der Waals surface area contributed by atoms with Gasteiger partial charge in [-0.15, -0.1) is 0 Å². The van der Waals surface area contributed by atoms with Gasteiger partial charge >= 0.3 is 11.4 Å². The van der Waals surface area contributed by atoms with E-state index in [-0.39, 0.29) is 36.0 Å². The summed E-state index contributed by atoms with van der Waals surface area (Å²) in [5, 5.41) is 10.4. The Hall–Kier alpha value is -3.15. The van der Waals surface area contributed by atoms with Gasteiger partial charge in [-0.3, -0.25) is 9.59 Å². The molecule has 0 radical (unpaired) electrons. The average molecular weight is 547 g/mol. The quantitative estimate of drug-likeness (QED) is 0.347. The smallest absolute Gasteiger partial charge is 0.347 e. The van der Waals surface area contributed by atoms with E-state index < -0.39 is 23.3 Å². The van der Waals surface area contributed by atoms with Crippen LogP contribution in [0.2, 0.25) is 0 Å². The molecule has 0 saturated heterocycles. The number of hydrogen-bond donors (Lipinski definition) is 1. The van der Waals surface area contributed by atoms with Gasteiger partial charge in [0.05, 0.1) is 23.3 Å². The molecule has 164 valence electrons. The molecule has 2 aromatic rings. The van der Waals surface area contributed by atoms with Gasteiger partial charge in [0.15, 0.2) is 23.1 Å². The van der Waals surface area contributed by atoms with Crippen LogP contribution in [0, 0.1) is 0 Å². The zero-order valence-electron chi connectivity index (χ0n) is 17.2. The highest BCUT2D eigenvalue weighted by molar-refractivity contribution is 14.1. The van der Waals surface area contributed by atoms with Crippen LogP contribution >= 0.6 is 22.6 Å². The molecule has 0 fully saturated rings. The molecule has 32 heavy (non-hydrogen) atoms. The van der Waals surface area contributed by atoms with Gasteiger partial charge in [-0.1, -0.05) is 12.1 Å². The van der Waals surface area contributed by atoms with Crippen molar-refractivity contribution in [3.05, 3.63) is 77.2 Å². The van der Waals surface area contributed by atoms with Crippen molar-refractivity contribution in [3.63, 3.8) is 0 Å². The Bertz CT molecular complexity index is 1430. The van der Waals surface area contributed by atoms with Crippen molar-refractivity contribution in [2.75, 3.05) is 7.11 Å². The minimum absolute atomic E-state index is 0.0979. The normalized spacial score (nSPS) is 22.1. The van der Waals surface area contributed by atoms with Crippen LogP contribution in [0.3, 0.4) is 0 Å². The van der Waals surface area contributed by atoms with Crippen molar-refractivity contribution in [1.82, 2.24) is 13.9 Å². The van der Waals surface area contributed by atoms with Crippen LogP contribution in [0.25, 0.3) is 0 Å². The van der Waals surface area contributed by atoms with E-state index in [2.05, 4.69) is 0 Å². The first-order valence-electron chi connectivity index (χ1n) is 9.89. The Labute approximate surface area is 195 Å². The number of hydrogen-bond acceptors (Lipinski definition) is 6. The van der Waals surface area contributed by atoms with Gasteiger partial charge in [0, 0.05) is 36.6 Å². The zero-order chi connectivity index (χ0) is 22.9. The lowest BCUT2D eigenvalue weighted by Crippen LogP contribution is -2.40. The van der Waals surface area contributed by atoms with Crippen LogP contribution < -0.4 is 16.1 Å². The van der Waals surface area contributed by atoms with Crippen LogP contribution in [-0.4, -0.2) is 37.7 Å². The molecule has 1 aromatic carbocycles. The van der Waals surface area contributed by atoms with Crippen molar-refractivity contribution < 1.29 is 19.4 Å². The number of carbonyl (C=O) groups is 2. The number of phenols is 1. The lowest BCUT2D eigenvalue weighted by atomic mass is 9.69. The maximum Gasteiger partial charge on any atom is 0.347 e. The van der Waals surface area contributed by atoms with Gasteiger partial charge < -0.3 is 9.84 Å². The van der Waals surface area contributed by atoms with E-state index in [1.54, 1.807) is 12.1 Å². The van der Waals surface area contributed by atoms with E-state index in [9.17, 15) is 24.3 Å². The fourth-order valence-corrected chi connectivity index (χ4v) is 5.42. The number of nitrogens with zero attached hydrogens (tertiary/aromatic N) is 3. The van der Waals surface area contributed by atoms with Crippen molar-refractivity contribution in [2.45, 2.75) is 24.9 Å². The molecule has 0 bridgehead atoms. The highest BCUT2D eigenvalue weighted by atomic mass is 127. The molecule has 0 spiro atoms. The van der Waals surface area contributed by atoms with Crippen molar-refractivity contribution in [2.24, 2.45) is 7.05 Å². The minimum Gasteiger partial charge on any atom is -0.504 e. The van der Waals surface area contributed by atoms with Crippen LogP contribution in [0.15, 0.2) is 60.2 Å². The number of methoxy groups -OCH3 is 1. The first-order valence-corrected chi connectivity index (χ1v) is 11.0. The number of Topliss-reactive ketones (excluding diaryl/α,β-unsaturated/α-hetero) is 1. The van der Waals surface area contributed by atoms with Gasteiger partial charge in [0.25, 0.3) is 0 Å². The molecule has 2 atom stereocenters. The second-order valence-corrected chi connectivity index (χ2v) is 9.08. The molecule has 0 saturated carbocycles. The number of fused-ring (bicyclic) bond motifs is 3. The van der Waals surface area contributed by atoms with E-state index in [1.165, 1.54) is 35.7 Å². The standard InChI is InChI=1S/C22H18IN3O6/c1-24-21(30)25-6-5-11-14(26(25)22(24)31)8-12-15(27)9-13(23)20(29)19(12)18(11)10-3-4-17(32-2)16(28)7-10/h3-5,7,9,14,18,28H,6,8H2,1-2H3/t14-,18+/m1/s1. The number of ether oxygens (including phenoxy) is 1. The second-order valence-electron chi connectivity index (χ2n) is 7.92. The van der Waals surface area contributed by atoms with E-state index in [0.717, 1.165) is 10.1 Å². The number of phenolic OH excluding ortho intramolecular Hbond substituents is 1. The lowest BCUT2D eigenvalue weighted by Gasteiger charge is -2.39. The highest BCUT2D eigenvalue weighted by Gasteiger charge is 2.45. The number of allylic oxidation sites excluding steroid dienone is 6. The molecule has 2 heterocycles. The summed E-state index contributed by atoms with van der Waals surface area (Å²) in [7, 11) is 2.85. The molecule has 9 nitrogen and oxygen atoms in total. The van der Waals surface area contributed by atoms with Gasteiger partial charge in [0.2, 0.25) is 0 Å². The number of rotatable bonds is 2. The Morgan fingerprint density at radius 2 is 1.91 bits per heavy atom. The fourth-order valence-electron chi connectivity index (χ4n) is 4.84. The van der Waals surface area contributed by atoms with Gasteiger partial charge in [-0.25, -0.2) is 23.5 Å². The van der Waals surface area contributed by atoms with Crippen molar-refractivity contribution in [3.8, 4) is 11.5 Å². The predicted molar refractivity (Wildman–Crippen MR) is 122 cm³/mol. The Balaban J connectivity index is 1.78. The summed E-state index contributed by atoms with van der Waals surface area (Å²) in [6.45, 7) is 0.164. The summed E-state index contributed by atoms with van der Waals surface area (Å²) in [6.07, 6.45) is 3.28. The molecule has 5 rings (SSSR count). The van der Waals surface area contributed by atoms with Gasteiger partial charge in [-0.05, 0) is 45.9 Å². The number of aromatic nitrogens is 3. The van der Waals surface area contributed by atoms with Crippen molar-refractivity contribution >= 4 is 34.2 Å².